The highest BCUT2D eigenvalue weighted by molar-refractivity contribution is 6.30. The molecule has 2 aromatic carbocycles. The van der Waals surface area contributed by atoms with Crippen molar-refractivity contribution >= 4 is 40.4 Å². The molecule has 1 aromatic heterocycles. The summed E-state index contributed by atoms with van der Waals surface area (Å²) in [7, 11) is 0. The number of amides is 2. The van der Waals surface area contributed by atoms with Crippen molar-refractivity contribution in [3.8, 4) is 6.07 Å². The smallest absolute Gasteiger partial charge is 0.264 e. The Balaban J connectivity index is 1.65. The van der Waals surface area contributed by atoms with Crippen LogP contribution >= 0.6 is 11.6 Å². The molecule has 0 saturated carbocycles. The van der Waals surface area contributed by atoms with Crippen LogP contribution in [0.1, 0.15) is 43.1 Å². The summed E-state index contributed by atoms with van der Waals surface area (Å²) in [6, 6.07) is 16.3. The van der Waals surface area contributed by atoms with Crippen molar-refractivity contribution in [1.82, 2.24) is 14.5 Å². The molecule has 2 amide bonds. The fraction of sp³-hybridized carbons (Fsp3) is 0.308. The molecule has 1 N–H and O–H groups in total. The Hall–Kier alpha value is -3.63. The molecular weight excluding hydrogens is 450 g/mol. The van der Waals surface area contributed by atoms with E-state index in [1.807, 2.05) is 42.7 Å². The van der Waals surface area contributed by atoms with Crippen LogP contribution in [-0.2, 0) is 4.79 Å². The van der Waals surface area contributed by atoms with Gasteiger partial charge in [0.15, 0.2) is 0 Å². The van der Waals surface area contributed by atoms with Gasteiger partial charge >= 0.3 is 0 Å². The Labute approximate surface area is 203 Å². The monoisotopic (exact) mass is 475 g/mol. The number of allylic oxidation sites excluding steroid dienone is 1. The van der Waals surface area contributed by atoms with E-state index in [-0.39, 0.29) is 29.3 Å². The van der Waals surface area contributed by atoms with Crippen LogP contribution in [0, 0.1) is 17.2 Å². The average molecular weight is 476 g/mol. The number of benzene rings is 2. The number of nitrogens with one attached hydrogen (secondary N) is 1. The lowest BCUT2D eigenvalue weighted by atomic mass is 10.0. The first-order valence-electron chi connectivity index (χ1n) is 11.3. The molecule has 7 nitrogen and oxygen atoms in total. The van der Waals surface area contributed by atoms with Crippen molar-refractivity contribution in [2.24, 2.45) is 5.92 Å². The second-order valence-corrected chi connectivity index (χ2v) is 9.17. The van der Waals surface area contributed by atoms with Gasteiger partial charge in [0.25, 0.3) is 11.8 Å². The van der Waals surface area contributed by atoms with Gasteiger partial charge in [-0.15, -0.1) is 0 Å². The standard InChI is InChI=1S/C26H26ClN5O2/c1-17(2)14-19(15-28)25(34)31-13-5-6-21(16-31)32-23-8-4-3-7-22(23)29-26(32)30-24(33)18-9-11-20(27)12-10-18/h3-4,7-12,14,17,21H,5-6,13,16H2,1-2H3,(H,29,30,33). The topological polar surface area (TPSA) is 91.0 Å². The lowest BCUT2D eigenvalue weighted by Crippen LogP contribution is -2.41. The summed E-state index contributed by atoms with van der Waals surface area (Å²) in [5.74, 6) is -0.00851. The van der Waals surface area contributed by atoms with Crippen LogP contribution < -0.4 is 5.32 Å². The summed E-state index contributed by atoms with van der Waals surface area (Å²) in [5, 5.41) is 13.0. The van der Waals surface area contributed by atoms with Crippen molar-refractivity contribution in [1.29, 1.82) is 5.26 Å². The highest BCUT2D eigenvalue weighted by Crippen LogP contribution is 2.31. The number of nitriles is 1. The van der Waals surface area contributed by atoms with Gasteiger partial charge in [-0.1, -0.05) is 43.7 Å². The van der Waals surface area contributed by atoms with Gasteiger partial charge in [0.05, 0.1) is 17.1 Å². The number of likely N-dealkylation sites (tertiary alicyclic amines) is 1. The van der Waals surface area contributed by atoms with Crippen LogP contribution in [0.5, 0.6) is 0 Å². The van der Waals surface area contributed by atoms with Gasteiger partial charge < -0.3 is 9.47 Å². The molecule has 3 aromatic rings. The SMILES string of the molecule is CC(C)C=C(C#N)C(=O)N1CCCC(n2c(NC(=O)c3ccc(Cl)cc3)nc3ccccc32)C1. The third-order valence-corrected chi connectivity index (χ3v) is 6.08. The highest BCUT2D eigenvalue weighted by Gasteiger charge is 2.29. The minimum Gasteiger partial charge on any atom is -0.336 e. The maximum atomic E-state index is 13.0. The molecule has 1 aliphatic rings. The molecular formula is C26H26ClN5O2. The highest BCUT2D eigenvalue weighted by atomic mass is 35.5. The lowest BCUT2D eigenvalue weighted by molar-refractivity contribution is -0.128. The van der Waals surface area contributed by atoms with Crippen molar-refractivity contribution in [2.75, 3.05) is 18.4 Å². The molecule has 4 rings (SSSR count). The van der Waals surface area contributed by atoms with Gasteiger partial charge in [-0.2, -0.15) is 5.26 Å². The second-order valence-electron chi connectivity index (χ2n) is 8.74. The molecule has 8 heteroatoms. The zero-order valence-corrected chi connectivity index (χ0v) is 19.9. The number of halogens is 1. The van der Waals surface area contributed by atoms with Gasteiger partial charge in [-0.25, -0.2) is 4.98 Å². The minimum absolute atomic E-state index is 0.0930. The lowest BCUT2D eigenvalue weighted by Gasteiger charge is -2.34. The summed E-state index contributed by atoms with van der Waals surface area (Å²) in [6.45, 7) is 4.90. The summed E-state index contributed by atoms with van der Waals surface area (Å²) in [4.78, 5) is 32.4. The zero-order chi connectivity index (χ0) is 24.2. The van der Waals surface area contributed by atoms with Gasteiger partial charge in [-0.05, 0) is 55.2 Å². The first kappa shape index (κ1) is 23.5. The van der Waals surface area contributed by atoms with Crippen molar-refractivity contribution in [3.05, 3.63) is 70.8 Å². The Morgan fingerprint density at radius 2 is 1.94 bits per heavy atom. The van der Waals surface area contributed by atoms with E-state index in [2.05, 4.69) is 16.4 Å². The molecule has 174 valence electrons. The average Bonchev–Trinajstić information content (AvgIpc) is 3.20. The first-order valence-corrected chi connectivity index (χ1v) is 11.7. The number of piperidine rings is 1. The molecule has 2 heterocycles. The maximum absolute atomic E-state index is 13.0. The number of hydrogen-bond acceptors (Lipinski definition) is 4. The van der Waals surface area contributed by atoms with Gasteiger partial charge in [0.2, 0.25) is 5.95 Å². The van der Waals surface area contributed by atoms with Gasteiger partial charge in [0, 0.05) is 23.7 Å². The number of carbonyl (C=O) groups excluding carboxylic acids is 2. The zero-order valence-electron chi connectivity index (χ0n) is 19.2. The van der Waals surface area contributed by atoms with E-state index in [4.69, 9.17) is 11.6 Å². The maximum Gasteiger partial charge on any atom is 0.264 e. The number of carbonyl (C=O) groups is 2. The molecule has 1 fully saturated rings. The van der Waals surface area contributed by atoms with Crippen molar-refractivity contribution in [2.45, 2.75) is 32.7 Å². The van der Waals surface area contributed by atoms with E-state index >= 15 is 0 Å². The van der Waals surface area contributed by atoms with Crippen LogP contribution in [0.2, 0.25) is 5.02 Å². The molecule has 34 heavy (non-hydrogen) atoms. The van der Waals surface area contributed by atoms with E-state index in [1.54, 1.807) is 35.2 Å². The van der Waals surface area contributed by atoms with Crippen LogP contribution in [-0.4, -0.2) is 39.4 Å². The summed E-state index contributed by atoms with van der Waals surface area (Å²) in [5.41, 5.74) is 2.28. The van der Waals surface area contributed by atoms with Crippen LogP contribution in [0.4, 0.5) is 5.95 Å². The fourth-order valence-corrected chi connectivity index (χ4v) is 4.41. The molecule has 0 radical (unpaired) electrons. The number of nitrogens with zero attached hydrogens (tertiary/aromatic N) is 4. The van der Waals surface area contributed by atoms with Crippen LogP contribution in [0.3, 0.4) is 0 Å². The second kappa shape index (κ2) is 10.1. The minimum atomic E-state index is -0.288. The van der Waals surface area contributed by atoms with E-state index < -0.39 is 0 Å². The Kier molecular flexibility index (Phi) is 6.99. The molecule has 1 atom stereocenters. The number of imidazole rings is 1. The molecule has 0 spiro atoms. The van der Waals surface area contributed by atoms with Gasteiger partial charge in [-0.3, -0.25) is 14.9 Å². The first-order chi connectivity index (χ1) is 16.4. The van der Waals surface area contributed by atoms with E-state index in [9.17, 15) is 14.9 Å². The van der Waals surface area contributed by atoms with E-state index in [0.29, 0.717) is 29.6 Å². The Bertz CT molecular complexity index is 1290. The fourth-order valence-electron chi connectivity index (χ4n) is 4.29. The normalized spacial score (nSPS) is 16.5. The summed E-state index contributed by atoms with van der Waals surface area (Å²) < 4.78 is 2.00. The quantitative estimate of drug-likeness (QED) is 0.405. The number of aromatic nitrogens is 2. The van der Waals surface area contributed by atoms with E-state index in [1.165, 1.54) is 0 Å². The molecule has 1 saturated heterocycles. The molecule has 0 bridgehead atoms. The van der Waals surface area contributed by atoms with Crippen LogP contribution in [0.25, 0.3) is 11.0 Å². The predicted octanol–water partition coefficient (Wildman–Crippen LogP) is 5.21. The predicted molar refractivity (Wildman–Crippen MR) is 133 cm³/mol. The Morgan fingerprint density at radius 3 is 2.65 bits per heavy atom. The number of anilines is 1. The number of fused-ring (bicyclic) bond motifs is 1. The largest absolute Gasteiger partial charge is 0.336 e. The third kappa shape index (κ3) is 4.97. The van der Waals surface area contributed by atoms with Crippen molar-refractivity contribution in [3.63, 3.8) is 0 Å². The summed E-state index contributed by atoms with van der Waals surface area (Å²) in [6.07, 6.45) is 3.31. The third-order valence-electron chi connectivity index (χ3n) is 5.83. The molecule has 0 aliphatic carbocycles. The molecule has 1 aliphatic heterocycles. The number of rotatable bonds is 5. The molecule has 1 unspecified atom stereocenters. The summed E-state index contributed by atoms with van der Waals surface area (Å²) >= 11 is 5.95. The number of para-hydroxylation sites is 2. The number of hydrogen-bond donors (Lipinski definition) is 1. The van der Waals surface area contributed by atoms with Crippen molar-refractivity contribution < 1.29 is 9.59 Å². The van der Waals surface area contributed by atoms with Crippen LogP contribution in [0.15, 0.2) is 60.2 Å². The van der Waals surface area contributed by atoms with E-state index in [0.717, 1.165) is 23.9 Å². The Morgan fingerprint density at radius 1 is 1.21 bits per heavy atom. The van der Waals surface area contributed by atoms with Gasteiger partial charge in [0.1, 0.15) is 11.6 Å².